The second-order valence-corrected chi connectivity index (χ2v) is 3.97. The van der Waals surface area contributed by atoms with Gasteiger partial charge in [-0.3, -0.25) is 0 Å². The van der Waals surface area contributed by atoms with Crippen LogP contribution in [0.1, 0.15) is 25.0 Å². The van der Waals surface area contributed by atoms with E-state index in [4.69, 9.17) is 4.74 Å². The van der Waals surface area contributed by atoms with Gasteiger partial charge in [-0.25, -0.2) is 0 Å². The molecule has 1 aromatic carbocycles. The van der Waals surface area contributed by atoms with Crippen LogP contribution in [-0.2, 0) is 11.2 Å². The van der Waals surface area contributed by atoms with Gasteiger partial charge in [0.15, 0.2) is 0 Å². The van der Waals surface area contributed by atoms with Gasteiger partial charge in [0.25, 0.3) is 0 Å². The SMILES string of the molecule is C=C/C=C(\C=C)COCCc1cccc(C)c1.CC. The van der Waals surface area contributed by atoms with Crippen LogP contribution in [0.4, 0.5) is 0 Å². The Balaban J connectivity index is 0.00000154. The highest BCUT2D eigenvalue weighted by Crippen LogP contribution is 2.05. The molecule has 1 rings (SSSR count). The molecule has 1 aromatic rings. The molecule has 0 aliphatic carbocycles. The van der Waals surface area contributed by atoms with Gasteiger partial charge >= 0.3 is 0 Å². The molecule has 0 saturated carbocycles. The van der Waals surface area contributed by atoms with Gasteiger partial charge in [0.2, 0.25) is 0 Å². The second-order valence-electron chi connectivity index (χ2n) is 3.97. The zero-order valence-corrected chi connectivity index (χ0v) is 12.5. The Hall–Kier alpha value is -1.60. The first-order valence-corrected chi connectivity index (χ1v) is 6.83. The van der Waals surface area contributed by atoms with E-state index >= 15 is 0 Å². The maximum Gasteiger partial charge on any atom is 0.0716 e. The lowest BCUT2D eigenvalue weighted by Crippen LogP contribution is -2.01. The van der Waals surface area contributed by atoms with Crippen LogP contribution in [0.15, 0.2) is 61.2 Å². The summed E-state index contributed by atoms with van der Waals surface area (Å²) in [5.74, 6) is 0. The zero-order chi connectivity index (χ0) is 14.5. The summed E-state index contributed by atoms with van der Waals surface area (Å²) in [6.07, 6.45) is 6.41. The molecule has 0 saturated heterocycles. The molecule has 1 heteroatoms. The van der Waals surface area contributed by atoms with Crippen LogP contribution in [0.3, 0.4) is 0 Å². The Morgan fingerprint density at radius 1 is 1.26 bits per heavy atom. The monoisotopic (exact) mass is 258 g/mol. The molecule has 0 amide bonds. The molecule has 0 bridgehead atoms. The average molecular weight is 258 g/mol. The third-order valence-electron chi connectivity index (χ3n) is 2.48. The molecule has 0 spiro atoms. The fourth-order valence-electron chi connectivity index (χ4n) is 1.57. The lowest BCUT2D eigenvalue weighted by atomic mass is 10.1. The van der Waals surface area contributed by atoms with Crippen molar-refractivity contribution in [3.05, 3.63) is 72.4 Å². The summed E-state index contributed by atoms with van der Waals surface area (Å²) in [5.41, 5.74) is 3.67. The van der Waals surface area contributed by atoms with E-state index in [2.05, 4.69) is 44.3 Å². The summed E-state index contributed by atoms with van der Waals surface area (Å²) in [4.78, 5) is 0. The fraction of sp³-hybridized carbons (Fsp3) is 0.333. The molecule has 0 N–H and O–H groups in total. The Morgan fingerprint density at radius 3 is 2.58 bits per heavy atom. The molecule has 0 heterocycles. The van der Waals surface area contributed by atoms with E-state index in [0.717, 1.165) is 18.6 Å². The summed E-state index contributed by atoms with van der Waals surface area (Å²) in [6, 6.07) is 8.51. The molecule has 0 aliphatic heterocycles. The highest BCUT2D eigenvalue weighted by molar-refractivity contribution is 5.23. The number of hydrogen-bond acceptors (Lipinski definition) is 1. The van der Waals surface area contributed by atoms with E-state index < -0.39 is 0 Å². The lowest BCUT2D eigenvalue weighted by Gasteiger charge is -2.05. The number of hydrogen-bond donors (Lipinski definition) is 0. The highest BCUT2D eigenvalue weighted by atomic mass is 16.5. The van der Waals surface area contributed by atoms with Gasteiger partial charge in [-0.15, -0.1) is 0 Å². The van der Waals surface area contributed by atoms with Crippen molar-refractivity contribution in [1.82, 2.24) is 0 Å². The van der Waals surface area contributed by atoms with Crippen LogP contribution in [-0.4, -0.2) is 13.2 Å². The van der Waals surface area contributed by atoms with Crippen LogP contribution in [0.5, 0.6) is 0 Å². The average Bonchev–Trinajstić information content (AvgIpc) is 2.44. The number of aryl methyl sites for hydroxylation is 1. The van der Waals surface area contributed by atoms with Crippen molar-refractivity contribution in [2.24, 2.45) is 0 Å². The third-order valence-corrected chi connectivity index (χ3v) is 2.48. The van der Waals surface area contributed by atoms with Gasteiger partial charge in [0, 0.05) is 0 Å². The smallest absolute Gasteiger partial charge is 0.0716 e. The topological polar surface area (TPSA) is 9.23 Å². The first-order chi connectivity index (χ1) is 9.26. The van der Waals surface area contributed by atoms with Crippen LogP contribution in [0, 0.1) is 6.92 Å². The molecule has 19 heavy (non-hydrogen) atoms. The predicted octanol–water partition coefficient (Wildman–Crippen LogP) is 4.88. The van der Waals surface area contributed by atoms with E-state index in [-0.39, 0.29) is 0 Å². The van der Waals surface area contributed by atoms with Crippen LogP contribution in [0.2, 0.25) is 0 Å². The summed E-state index contributed by atoms with van der Waals surface area (Å²) in [5, 5.41) is 0. The minimum absolute atomic E-state index is 0.599. The van der Waals surface area contributed by atoms with E-state index in [9.17, 15) is 0 Å². The van der Waals surface area contributed by atoms with Crippen molar-refractivity contribution in [2.45, 2.75) is 27.2 Å². The van der Waals surface area contributed by atoms with Crippen molar-refractivity contribution in [3.63, 3.8) is 0 Å². The molecule has 0 aromatic heterocycles. The molecule has 0 radical (unpaired) electrons. The van der Waals surface area contributed by atoms with Gasteiger partial charge in [0.1, 0.15) is 0 Å². The summed E-state index contributed by atoms with van der Waals surface area (Å²) < 4.78 is 5.60. The van der Waals surface area contributed by atoms with Gasteiger partial charge in [-0.05, 0) is 24.5 Å². The van der Waals surface area contributed by atoms with Crippen LogP contribution >= 0.6 is 0 Å². The minimum Gasteiger partial charge on any atom is -0.376 e. The van der Waals surface area contributed by atoms with E-state index in [1.54, 1.807) is 12.2 Å². The van der Waals surface area contributed by atoms with Gasteiger partial charge in [-0.1, -0.05) is 75.1 Å². The zero-order valence-electron chi connectivity index (χ0n) is 12.5. The Bertz CT molecular complexity index is 402. The molecule has 0 fully saturated rings. The van der Waals surface area contributed by atoms with Crippen LogP contribution < -0.4 is 0 Å². The summed E-state index contributed by atoms with van der Waals surface area (Å²) >= 11 is 0. The first-order valence-electron chi connectivity index (χ1n) is 6.83. The molecule has 104 valence electrons. The maximum absolute atomic E-state index is 5.60. The molecular formula is C18H26O. The molecule has 1 nitrogen and oxygen atoms in total. The van der Waals surface area contributed by atoms with Crippen molar-refractivity contribution < 1.29 is 4.74 Å². The highest BCUT2D eigenvalue weighted by Gasteiger charge is 1.95. The minimum atomic E-state index is 0.599. The lowest BCUT2D eigenvalue weighted by molar-refractivity contribution is 0.161. The van der Waals surface area contributed by atoms with Gasteiger partial charge in [0.05, 0.1) is 13.2 Å². The van der Waals surface area contributed by atoms with Crippen LogP contribution in [0.25, 0.3) is 0 Å². The summed E-state index contributed by atoms with van der Waals surface area (Å²) in [6.45, 7) is 14.8. The maximum atomic E-state index is 5.60. The normalized spacial score (nSPS) is 10.4. The van der Waals surface area contributed by atoms with Crippen molar-refractivity contribution in [3.8, 4) is 0 Å². The third kappa shape index (κ3) is 8.17. The van der Waals surface area contributed by atoms with Gasteiger partial charge < -0.3 is 4.74 Å². The Kier molecular flexibility index (Phi) is 10.5. The second kappa shape index (κ2) is 11.5. The molecule has 0 unspecified atom stereocenters. The standard InChI is InChI=1S/C16H20O.C2H6/c1-4-7-15(5-2)13-17-11-10-16-9-6-8-14(3)12-16;1-2/h4-9,12H,1-2,10-11,13H2,3H3;1-2H3/b15-7+;. The van der Waals surface area contributed by atoms with Crippen molar-refractivity contribution in [2.75, 3.05) is 13.2 Å². The van der Waals surface area contributed by atoms with E-state index in [1.165, 1.54) is 11.1 Å². The van der Waals surface area contributed by atoms with E-state index in [0.29, 0.717) is 6.61 Å². The van der Waals surface area contributed by atoms with Crippen molar-refractivity contribution >= 4 is 0 Å². The number of ether oxygens (including phenoxy) is 1. The Labute approximate surface area is 118 Å². The predicted molar refractivity (Wildman–Crippen MR) is 85.5 cm³/mol. The molecule has 0 atom stereocenters. The molecular weight excluding hydrogens is 232 g/mol. The number of allylic oxidation sites excluding steroid dienone is 2. The first kappa shape index (κ1) is 17.4. The number of rotatable bonds is 7. The number of benzene rings is 1. The van der Waals surface area contributed by atoms with Crippen molar-refractivity contribution in [1.29, 1.82) is 0 Å². The largest absolute Gasteiger partial charge is 0.376 e. The molecule has 0 aliphatic rings. The quantitative estimate of drug-likeness (QED) is 0.500. The Morgan fingerprint density at radius 2 is 2.00 bits per heavy atom. The summed E-state index contributed by atoms with van der Waals surface area (Å²) in [7, 11) is 0. The fourth-order valence-corrected chi connectivity index (χ4v) is 1.57. The van der Waals surface area contributed by atoms with Gasteiger partial charge in [-0.2, -0.15) is 0 Å². The van der Waals surface area contributed by atoms with E-state index in [1.807, 2.05) is 19.9 Å².